The summed E-state index contributed by atoms with van der Waals surface area (Å²) in [7, 11) is 1.64. The molecule has 2 aromatic rings. The van der Waals surface area contributed by atoms with Crippen LogP contribution in [0.2, 0.25) is 0 Å². The van der Waals surface area contributed by atoms with Crippen LogP contribution in [0, 0.1) is 17.6 Å². The predicted molar refractivity (Wildman–Crippen MR) is 155 cm³/mol. The van der Waals surface area contributed by atoms with Gasteiger partial charge in [-0.1, -0.05) is 12.1 Å². The fraction of sp³-hybridized carbons (Fsp3) is 0.581. The number of hydrogen-bond donors (Lipinski definition) is 2. The second-order valence-corrected chi connectivity index (χ2v) is 12.6. The van der Waals surface area contributed by atoms with Gasteiger partial charge < -0.3 is 24.9 Å². The molecule has 0 bridgehead atoms. The van der Waals surface area contributed by atoms with Gasteiger partial charge in [0, 0.05) is 32.7 Å². The Bertz CT molecular complexity index is 1360. The van der Waals surface area contributed by atoms with Gasteiger partial charge in [0.05, 0.1) is 29.2 Å². The molecule has 1 aromatic carbocycles. The van der Waals surface area contributed by atoms with Gasteiger partial charge in [-0.15, -0.1) is 0 Å². The van der Waals surface area contributed by atoms with Gasteiger partial charge in [0.2, 0.25) is 0 Å². The highest BCUT2D eigenvalue weighted by atomic mass is 19.2. The van der Waals surface area contributed by atoms with Crippen molar-refractivity contribution in [2.24, 2.45) is 11.0 Å². The number of rotatable bonds is 5. The third kappa shape index (κ3) is 5.76. The summed E-state index contributed by atoms with van der Waals surface area (Å²) >= 11 is 0. The quantitative estimate of drug-likeness (QED) is 0.480. The number of hydrogen-bond acceptors (Lipinski definition) is 5. The lowest BCUT2D eigenvalue weighted by molar-refractivity contribution is 0.0120. The van der Waals surface area contributed by atoms with Crippen LogP contribution in [0.15, 0.2) is 41.1 Å². The summed E-state index contributed by atoms with van der Waals surface area (Å²) in [6.07, 6.45) is 6.83. The summed E-state index contributed by atoms with van der Waals surface area (Å²) in [5.41, 5.74) is 5.87. The van der Waals surface area contributed by atoms with Gasteiger partial charge in [-0.05, 0) is 89.5 Å². The molecule has 222 valence electrons. The second kappa shape index (κ2) is 11.2. The molecule has 5 rings (SSSR count). The number of carbonyl (C=O) groups excluding carboxylic acids is 1. The normalized spacial score (nSPS) is 23.2. The maximum absolute atomic E-state index is 14.9. The first-order valence-corrected chi connectivity index (χ1v) is 14.5. The van der Waals surface area contributed by atoms with Crippen molar-refractivity contribution in [1.29, 1.82) is 0 Å². The number of hydrazone groups is 1. The average Bonchev–Trinajstić information content (AvgIpc) is 3.29. The summed E-state index contributed by atoms with van der Waals surface area (Å²) in [5, 5.41) is 7.61. The fourth-order valence-corrected chi connectivity index (χ4v) is 6.47. The SMILES string of the molecule is COC(C)(C)c1cnc2n1C[C@H](c1cccc(F)c1F)CC[C@H]2NC(=O)N1CCC(C2=CC(C)=NNC2(C)C)CC1. The molecular formula is C31H42F2N6O2. The molecule has 41 heavy (non-hydrogen) atoms. The van der Waals surface area contributed by atoms with Gasteiger partial charge in [0.1, 0.15) is 11.4 Å². The van der Waals surface area contributed by atoms with E-state index in [2.05, 4.69) is 35.8 Å². The lowest BCUT2D eigenvalue weighted by Gasteiger charge is -2.40. The lowest BCUT2D eigenvalue weighted by Crippen LogP contribution is -2.49. The van der Waals surface area contributed by atoms with E-state index in [9.17, 15) is 13.6 Å². The van der Waals surface area contributed by atoms with Crippen LogP contribution in [-0.2, 0) is 16.9 Å². The van der Waals surface area contributed by atoms with E-state index >= 15 is 0 Å². The van der Waals surface area contributed by atoms with E-state index in [1.165, 1.54) is 5.57 Å². The van der Waals surface area contributed by atoms with Crippen LogP contribution in [0.3, 0.4) is 0 Å². The average molecular weight is 569 g/mol. The third-order valence-corrected chi connectivity index (χ3v) is 9.07. The molecule has 0 spiro atoms. The molecule has 2 N–H and O–H groups in total. The van der Waals surface area contributed by atoms with Crippen molar-refractivity contribution in [2.45, 2.75) is 89.9 Å². The molecular weight excluding hydrogens is 526 g/mol. The second-order valence-electron chi connectivity index (χ2n) is 12.6. The summed E-state index contributed by atoms with van der Waals surface area (Å²) in [6, 6.07) is 3.84. The minimum atomic E-state index is -0.853. The summed E-state index contributed by atoms with van der Waals surface area (Å²) in [5.74, 6) is -0.860. The number of benzene rings is 1. The number of urea groups is 1. The van der Waals surface area contributed by atoms with Gasteiger partial charge in [0.25, 0.3) is 0 Å². The van der Waals surface area contributed by atoms with Crippen molar-refractivity contribution >= 4 is 11.7 Å². The fourth-order valence-electron chi connectivity index (χ4n) is 6.47. The first kappa shape index (κ1) is 29.2. The van der Waals surface area contributed by atoms with E-state index < -0.39 is 17.2 Å². The van der Waals surface area contributed by atoms with Crippen LogP contribution in [0.25, 0.3) is 0 Å². The van der Waals surface area contributed by atoms with Gasteiger partial charge in [-0.25, -0.2) is 18.6 Å². The van der Waals surface area contributed by atoms with Crippen molar-refractivity contribution in [3.63, 3.8) is 0 Å². The number of imidazole rings is 1. The molecule has 4 heterocycles. The molecule has 0 saturated carbocycles. The van der Waals surface area contributed by atoms with Crippen LogP contribution in [0.4, 0.5) is 13.6 Å². The molecule has 3 aliphatic rings. The Labute approximate surface area is 241 Å². The van der Waals surface area contributed by atoms with E-state index in [0.717, 1.165) is 30.3 Å². The van der Waals surface area contributed by atoms with Crippen molar-refractivity contribution in [1.82, 2.24) is 25.2 Å². The molecule has 2 amide bonds. The number of aromatic nitrogens is 2. The van der Waals surface area contributed by atoms with Crippen molar-refractivity contribution < 1.29 is 18.3 Å². The van der Waals surface area contributed by atoms with Gasteiger partial charge in [-0.3, -0.25) is 0 Å². The number of piperidine rings is 1. The first-order chi connectivity index (χ1) is 19.4. The number of halogens is 2. The molecule has 1 saturated heterocycles. The largest absolute Gasteiger partial charge is 0.373 e. The lowest BCUT2D eigenvalue weighted by atomic mass is 9.78. The van der Waals surface area contributed by atoms with Crippen LogP contribution in [0.1, 0.15) is 89.3 Å². The highest BCUT2D eigenvalue weighted by Crippen LogP contribution is 2.38. The highest BCUT2D eigenvalue weighted by Gasteiger charge is 2.37. The van der Waals surface area contributed by atoms with Crippen LogP contribution in [0.5, 0.6) is 0 Å². The van der Waals surface area contributed by atoms with E-state index in [-0.39, 0.29) is 23.5 Å². The van der Waals surface area contributed by atoms with Crippen LogP contribution >= 0.6 is 0 Å². The van der Waals surface area contributed by atoms with Crippen molar-refractivity contribution in [3.8, 4) is 0 Å². The number of allylic oxidation sites excluding steroid dienone is 1. The minimum Gasteiger partial charge on any atom is -0.373 e. The van der Waals surface area contributed by atoms with E-state index in [4.69, 9.17) is 9.72 Å². The number of ether oxygens (including phenoxy) is 1. The zero-order valence-corrected chi connectivity index (χ0v) is 24.9. The topological polar surface area (TPSA) is 83.8 Å². The van der Waals surface area contributed by atoms with Gasteiger partial charge >= 0.3 is 6.03 Å². The van der Waals surface area contributed by atoms with Crippen molar-refractivity contribution in [2.75, 3.05) is 20.2 Å². The smallest absolute Gasteiger partial charge is 0.317 e. The highest BCUT2D eigenvalue weighted by molar-refractivity contribution is 5.94. The minimum absolute atomic E-state index is 0.126. The zero-order chi connectivity index (χ0) is 29.5. The maximum Gasteiger partial charge on any atom is 0.317 e. The molecule has 2 atom stereocenters. The van der Waals surface area contributed by atoms with Crippen molar-refractivity contribution in [3.05, 3.63) is 64.8 Å². The van der Waals surface area contributed by atoms with Gasteiger partial charge in [-0.2, -0.15) is 5.10 Å². The Balaban J connectivity index is 1.34. The van der Waals surface area contributed by atoms with Crippen LogP contribution < -0.4 is 10.7 Å². The number of fused-ring (bicyclic) bond motifs is 1. The first-order valence-electron chi connectivity index (χ1n) is 14.5. The summed E-state index contributed by atoms with van der Waals surface area (Å²) in [6.45, 7) is 11.9. The summed E-state index contributed by atoms with van der Waals surface area (Å²) in [4.78, 5) is 20.2. The number of nitrogens with zero attached hydrogens (tertiary/aromatic N) is 4. The van der Waals surface area contributed by atoms with E-state index in [1.807, 2.05) is 30.2 Å². The van der Waals surface area contributed by atoms with Crippen LogP contribution in [-0.4, -0.2) is 51.9 Å². The number of carbonyl (C=O) groups is 1. The number of nitrogens with one attached hydrogen (secondary N) is 2. The zero-order valence-electron chi connectivity index (χ0n) is 24.9. The Morgan fingerprint density at radius 2 is 1.88 bits per heavy atom. The predicted octanol–water partition coefficient (Wildman–Crippen LogP) is 5.77. The Kier molecular flexibility index (Phi) is 7.98. The molecule has 10 heteroatoms. The molecule has 3 aliphatic heterocycles. The Hall–Kier alpha value is -3.27. The van der Waals surface area contributed by atoms with E-state index in [0.29, 0.717) is 49.8 Å². The molecule has 0 unspecified atom stereocenters. The standard InChI is InChI=1S/C31H42F2N6O2/c1-19-16-23(30(2,3)37-36-19)20-12-14-38(15-13-20)29(40)35-25-11-10-21(22-8-7-9-24(32)27(22)33)18-39-26(17-34-28(25)39)31(4,5)41-6/h7-9,16-17,20-21,25,37H,10-15,18H2,1-6H3,(H,35,40)/t21-,25-/m1/s1. The monoisotopic (exact) mass is 568 g/mol. The number of methoxy groups -OCH3 is 1. The Morgan fingerprint density at radius 3 is 2.59 bits per heavy atom. The summed E-state index contributed by atoms with van der Waals surface area (Å²) < 4.78 is 36.8. The molecule has 1 fully saturated rings. The molecule has 0 radical (unpaired) electrons. The molecule has 0 aliphatic carbocycles. The third-order valence-electron chi connectivity index (χ3n) is 9.07. The number of amides is 2. The van der Waals surface area contributed by atoms with Gasteiger partial charge in [0.15, 0.2) is 11.6 Å². The van der Waals surface area contributed by atoms with E-state index in [1.54, 1.807) is 25.4 Å². The molecule has 1 aromatic heterocycles. The molecule has 8 nitrogen and oxygen atoms in total. The maximum atomic E-state index is 14.9. The Morgan fingerprint density at radius 1 is 1.15 bits per heavy atom. The number of likely N-dealkylation sites (tertiary alicyclic amines) is 1.